The number of nitrogens with one attached hydrogen (secondary N) is 1. The molecule has 1 aromatic heterocycles. The lowest BCUT2D eigenvalue weighted by molar-refractivity contribution is 0.312. The van der Waals surface area contributed by atoms with Crippen LogP contribution < -0.4 is 5.32 Å². The predicted octanol–water partition coefficient (Wildman–Crippen LogP) is 3.41. The third-order valence-corrected chi connectivity index (χ3v) is 5.50. The molecule has 1 aromatic rings. The molecule has 0 saturated heterocycles. The van der Waals surface area contributed by atoms with Crippen LogP contribution >= 0.6 is 11.3 Å². The van der Waals surface area contributed by atoms with Gasteiger partial charge in [-0.2, -0.15) is 5.26 Å². The van der Waals surface area contributed by atoms with Crippen molar-refractivity contribution in [1.82, 2.24) is 5.32 Å². The van der Waals surface area contributed by atoms with Crippen LogP contribution in [0.15, 0.2) is 6.07 Å². The van der Waals surface area contributed by atoms with E-state index in [1.165, 1.54) is 43.4 Å². The molecule has 0 aromatic carbocycles. The highest BCUT2D eigenvalue weighted by molar-refractivity contribution is 7.12. The summed E-state index contributed by atoms with van der Waals surface area (Å²) in [5.74, 6) is 0.227. The smallest absolute Gasteiger partial charge is 0.0672 e. The van der Waals surface area contributed by atoms with Gasteiger partial charge in [-0.1, -0.05) is 12.8 Å². The van der Waals surface area contributed by atoms with Crippen LogP contribution in [0.25, 0.3) is 0 Å². The van der Waals surface area contributed by atoms with Crippen molar-refractivity contribution >= 4 is 11.3 Å². The van der Waals surface area contributed by atoms with Crippen LogP contribution in [0.1, 0.15) is 47.4 Å². The number of hydrogen-bond donors (Lipinski definition) is 1. The number of thiophene rings is 1. The van der Waals surface area contributed by atoms with Crippen LogP contribution in [-0.4, -0.2) is 6.04 Å². The van der Waals surface area contributed by atoms with Crippen molar-refractivity contribution < 1.29 is 0 Å². The fourth-order valence-electron chi connectivity index (χ4n) is 3.24. The van der Waals surface area contributed by atoms with E-state index in [1.54, 1.807) is 10.4 Å². The second kappa shape index (κ2) is 5.42. The van der Waals surface area contributed by atoms with Crippen molar-refractivity contribution in [3.63, 3.8) is 0 Å². The predicted molar refractivity (Wildman–Crippen MR) is 74.5 cm³/mol. The molecule has 0 aliphatic heterocycles. The van der Waals surface area contributed by atoms with Gasteiger partial charge < -0.3 is 5.32 Å². The Morgan fingerprint density at radius 1 is 1.28 bits per heavy atom. The first-order valence-corrected chi connectivity index (χ1v) is 7.92. The Kier molecular flexibility index (Phi) is 3.67. The molecule has 3 heteroatoms. The van der Waals surface area contributed by atoms with Gasteiger partial charge in [-0.3, -0.25) is 0 Å². The van der Waals surface area contributed by atoms with Crippen LogP contribution in [0.5, 0.6) is 0 Å². The van der Waals surface area contributed by atoms with Gasteiger partial charge in [0.05, 0.1) is 12.0 Å². The molecule has 2 nitrogen and oxygen atoms in total. The number of rotatable bonds is 3. The molecule has 0 radical (unpaired) electrons. The molecule has 0 spiro atoms. The number of aryl methyl sites for hydroxylation is 2. The number of fused-ring (bicyclic) bond motifs is 1. The SMILES string of the molecule is N#CC1CCCCC1NCc1cc2c(s1)CCC2. The Bertz CT molecular complexity index is 436. The lowest BCUT2D eigenvalue weighted by Crippen LogP contribution is -2.37. The Hall–Kier alpha value is -0.850. The van der Waals surface area contributed by atoms with Gasteiger partial charge in [0, 0.05) is 22.3 Å². The van der Waals surface area contributed by atoms with Crippen LogP contribution in [0.2, 0.25) is 0 Å². The van der Waals surface area contributed by atoms with Crippen molar-refractivity contribution in [2.24, 2.45) is 5.92 Å². The minimum Gasteiger partial charge on any atom is -0.308 e. The molecule has 2 aliphatic carbocycles. The van der Waals surface area contributed by atoms with E-state index in [0.717, 1.165) is 13.0 Å². The summed E-state index contributed by atoms with van der Waals surface area (Å²) in [6.45, 7) is 0.959. The van der Waals surface area contributed by atoms with Crippen molar-refractivity contribution in [2.45, 2.75) is 57.5 Å². The zero-order chi connectivity index (χ0) is 12.4. The van der Waals surface area contributed by atoms with E-state index >= 15 is 0 Å². The topological polar surface area (TPSA) is 35.8 Å². The number of hydrogen-bond acceptors (Lipinski definition) is 3. The fraction of sp³-hybridized carbons (Fsp3) is 0.667. The Morgan fingerprint density at radius 2 is 2.17 bits per heavy atom. The van der Waals surface area contributed by atoms with E-state index < -0.39 is 0 Å². The van der Waals surface area contributed by atoms with Crippen molar-refractivity contribution in [3.8, 4) is 6.07 Å². The molecule has 2 aliphatic rings. The number of nitriles is 1. The monoisotopic (exact) mass is 260 g/mol. The van der Waals surface area contributed by atoms with Gasteiger partial charge in [0.1, 0.15) is 0 Å². The quantitative estimate of drug-likeness (QED) is 0.904. The van der Waals surface area contributed by atoms with E-state index in [2.05, 4.69) is 17.5 Å². The van der Waals surface area contributed by atoms with Crippen LogP contribution in [0, 0.1) is 17.2 Å². The van der Waals surface area contributed by atoms with E-state index in [4.69, 9.17) is 5.26 Å². The first kappa shape index (κ1) is 12.2. The van der Waals surface area contributed by atoms with Crippen LogP contribution in [0.3, 0.4) is 0 Å². The minimum atomic E-state index is 0.227. The lowest BCUT2D eigenvalue weighted by Gasteiger charge is -2.27. The zero-order valence-corrected chi connectivity index (χ0v) is 11.6. The van der Waals surface area contributed by atoms with Crippen molar-refractivity contribution in [3.05, 3.63) is 21.4 Å². The fourth-order valence-corrected chi connectivity index (χ4v) is 4.45. The maximum atomic E-state index is 9.17. The maximum Gasteiger partial charge on any atom is 0.0672 e. The number of nitrogens with zero attached hydrogens (tertiary/aromatic N) is 1. The standard InChI is InChI=1S/C15H20N2S/c16-9-12-4-1-2-6-14(12)17-10-13-8-11-5-3-7-15(11)18-13/h8,12,14,17H,1-7,10H2. The summed E-state index contributed by atoms with van der Waals surface area (Å²) in [4.78, 5) is 3.06. The highest BCUT2D eigenvalue weighted by Crippen LogP contribution is 2.31. The second-order valence-corrected chi connectivity index (χ2v) is 6.74. The average Bonchev–Trinajstić information content (AvgIpc) is 2.97. The summed E-state index contributed by atoms with van der Waals surface area (Å²) in [7, 11) is 0. The van der Waals surface area contributed by atoms with Gasteiger partial charge in [-0.05, 0) is 43.7 Å². The van der Waals surface area contributed by atoms with E-state index in [1.807, 2.05) is 11.3 Å². The van der Waals surface area contributed by atoms with Crippen molar-refractivity contribution in [2.75, 3.05) is 0 Å². The van der Waals surface area contributed by atoms with E-state index in [-0.39, 0.29) is 5.92 Å². The first-order chi connectivity index (χ1) is 8.86. The van der Waals surface area contributed by atoms with Gasteiger partial charge in [0.15, 0.2) is 0 Å². The molecular formula is C15H20N2S. The molecule has 1 heterocycles. The molecule has 1 fully saturated rings. The molecule has 2 atom stereocenters. The molecule has 1 saturated carbocycles. The second-order valence-electron chi connectivity index (χ2n) is 5.52. The molecule has 96 valence electrons. The first-order valence-electron chi connectivity index (χ1n) is 7.10. The molecule has 2 unspecified atom stereocenters. The molecular weight excluding hydrogens is 240 g/mol. The molecule has 0 bridgehead atoms. The largest absolute Gasteiger partial charge is 0.308 e. The summed E-state index contributed by atoms with van der Waals surface area (Å²) >= 11 is 1.97. The van der Waals surface area contributed by atoms with Gasteiger partial charge in [-0.15, -0.1) is 11.3 Å². The summed E-state index contributed by atoms with van der Waals surface area (Å²) in [5, 5.41) is 12.8. The Labute approximate surface area is 113 Å². The molecule has 0 amide bonds. The lowest BCUT2D eigenvalue weighted by atomic mass is 9.85. The molecule has 1 N–H and O–H groups in total. The average molecular weight is 260 g/mol. The normalized spacial score (nSPS) is 26.8. The summed E-state index contributed by atoms with van der Waals surface area (Å²) < 4.78 is 0. The third-order valence-electron chi connectivity index (χ3n) is 4.27. The van der Waals surface area contributed by atoms with Gasteiger partial charge in [0.25, 0.3) is 0 Å². The highest BCUT2D eigenvalue weighted by Gasteiger charge is 2.24. The van der Waals surface area contributed by atoms with Crippen LogP contribution in [0.4, 0.5) is 0 Å². The van der Waals surface area contributed by atoms with E-state index in [9.17, 15) is 0 Å². The van der Waals surface area contributed by atoms with Crippen LogP contribution in [-0.2, 0) is 19.4 Å². The molecule has 18 heavy (non-hydrogen) atoms. The minimum absolute atomic E-state index is 0.227. The maximum absolute atomic E-state index is 9.17. The summed E-state index contributed by atoms with van der Waals surface area (Å²) in [5.41, 5.74) is 1.58. The Morgan fingerprint density at radius 3 is 3.00 bits per heavy atom. The highest BCUT2D eigenvalue weighted by atomic mass is 32.1. The van der Waals surface area contributed by atoms with Gasteiger partial charge in [0.2, 0.25) is 0 Å². The summed E-state index contributed by atoms with van der Waals surface area (Å²) in [6, 6.07) is 5.27. The van der Waals surface area contributed by atoms with Gasteiger partial charge in [-0.25, -0.2) is 0 Å². The molecule has 3 rings (SSSR count). The zero-order valence-electron chi connectivity index (χ0n) is 10.7. The third kappa shape index (κ3) is 2.46. The Balaban J connectivity index is 1.58. The van der Waals surface area contributed by atoms with E-state index in [0.29, 0.717) is 6.04 Å². The summed E-state index contributed by atoms with van der Waals surface area (Å²) in [6.07, 6.45) is 8.65. The van der Waals surface area contributed by atoms with Gasteiger partial charge >= 0.3 is 0 Å². The van der Waals surface area contributed by atoms with Crippen molar-refractivity contribution in [1.29, 1.82) is 5.26 Å².